The number of rotatable bonds is 6. The zero-order chi connectivity index (χ0) is 14.4. The summed E-state index contributed by atoms with van der Waals surface area (Å²) in [5, 5.41) is 0.898. The first-order valence-corrected chi connectivity index (χ1v) is 7.56. The van der Waals surface area contributed by atoms with Crippen molar-refractivity contribution < 1.29 is 4.39 Å². The fourth-order valence-corrected chi connectivity index (χ4v) is 2.21. The molecule has 2 rings (SSSR count). The standard InChI is InChI=1S/C14H17FN4S/c1-20-14-9-13(17-10-18-14)19(8-2-7-16)12-5-3-11(15)4-6-12/h3-6,9-10H,2,7-8,16H2,1H3. The monoisotopic (exact) mass is 292 g/mol. The maximum atomic E-state index is 13.1. The largest absolute Gasteiger partial charge is 0.330 e. The number of hydrogen-bond donors (Lipinski definition) is 1. The van der Waals surface area contributed by atoms with E-state index in [2.05, 4.69) is 9.97 Å². The first kappa shape index (κ1) is 14.7. The van der Waals surface area contributed by atoms with Gasteiger partial charge in [-0.1, -0.05) is 0 Å². The fourth-order valence-electron chi connectivity index (χ4n) is 1.84. The van der Waals surface area contributed by atoms with E-state index in [-0.39, 0.29) is 5.82 Å². The number of nitrogens with two attached hydrogens (primary N) is 1. The van der Waals surface area contributed by atoms with Gasteiger partial charge in [0.1, 0.15) is 23.0 Å². The molecule has 2 N–H and O–H groups in total. The van der Waals surface area contributed by atoms with Crippen molar-refractivity contribution >= 4 is 23.3 Å². The molecule has 0 bridgehead atoms. The van der Waals surface area contributed by atoms with Gasteiger partial charge in [-0.2, -0.15) is 0 Å². The lowest BCUT2D eigenvalue weighted by atomic mass is 10.2. The smallest absolute Gasteiger partial charge is 0.137 e. The summed E-state index contributed by atoms with van der Waals surface area (Å²) in [7, 11) is 0. The van der Waals surface area contributed by atoms with Crippen LogP contribution in [0.2, 0.25) is 0 Å². The van der Waals surface area contributed by atoms with Crippen molar-refractivity contribution in [2.45, 2.75) is 11.4 Å². The Labute approximate surface area is 122 Å². The van der Waals surface area contributed by atoms with Gasteiger partial charge >= 0.3 is 0 Å². The summed E-state index contributed by atoms with van der Waals surface area (Å²) in [6.45, 7) is 1.32. The quantitative estimate of drug-likeness (QED) is 0.655. The molecule has 0 atom stereocenters. The van der Waals surface area contributed by atoms with Crippen molar-refractivity contribution in [1.82, 2.24) is 9.97 Å². The van der Waals surface area contributed by atoms with Crippen molar-refractivity contribution in [3.63, 3.8) is 0 Å². The lowest BCUT2D eigenvalue weighted by Crippen LogP contribution is -2.22. The van der Waals surface area contributed by atoms with Gasteiger partial charge < -0.3 is 10.6 Å². The van der Waals surface area contributed by atoms with Crippen LogP contribution in [0.25, 0.3) is 0 Å². The van der Waals surface area contributed by atoms with Crippen molar-refractivity contribution in [1.29, 1.82) is 0 Å². The molecule has 0 unspecified atom stereocenters. The lowest BCUT2D eigenvalue weighted by molar-refractivity contribution is 0.627. The average Bonchev–Trinajstić information content (AvgIpc) is 2.49. The van der Waals surface area contributed by atoms with Gasteiger partial charge in [-0.25, -0.2) is 14.4 Å². The number of halogens is 1. The number of thioether (sulfide) groups is 1. The summed E-state index contributed by atoms with van der Waals surface area (Å²) in [5.74, 6) is 0.546. The molecule has 106 valence electrons. The molecular formula is C14H17FN4S. The molecule has 0 aliphatic rings. The van der Waals surface area contributed by atoms with Crippen molar-refractivity contribution in [3.05, 3.63) is 42.5 Å². The molecule has 1 aromatic carbocycles. The number of benzene rings is 1. The molecule has 0 spiro atoms. The van der Waals surface area contributed by atoms with E-state index in [9.17, 15) is 4.39 Å². The normalized spacial score (nSPS) is 10.6. The molecule has 0 aliphatic carbocycles. The van der Waals surface area contributed by atoms with E-state index >= 15 is 0 Å². The topological polar surface area (TPSA) is 55.0 Å². The molecule has 0 saturated carbocycles. The van der Waals surface area contributed by atoms with Gasteiger partial charge in [0.2, 0.25) is 0 Å². The Morgan fingerprint density at radius 3 is 2.65 bits per heavy atom. The maximum Gasteiger partial charge on any atom is 0.137 e. The SMILES string of the molecule is CSc1cc(N(CCCN)c2ccc(F)cc2)ncn1. The third-order valence-corrected chi connectivity index (χ3v) is 3.48. The molecule has 0 radical (unpaired) electrons. The van der Waals surface area contributed by atoms with E-state index in [1.165, 1.54) is 12.1 Å². The highest BCUT2D eigenvalue weighted by molar-refractivity contribution is 7.98. The molecular weight excluding hydrogens is 275 g/mol. The Hall–Kier alpha value is -1.66. The third-order valence-electron chi connectivity index (χ3n) is 2.84. The number of nitrogens with zero attached hydrogens (tertiary/aromatic N) is 3. The van der Waals surface area contributed by atoms with Gasteiger partial charge in [0, 0.05) is 18.3 Å². The number of anilines is 2. The van der Waals surface area contributed by atoms with Crippen LogP contribution in [0, 0.1) is 5.82 Å². The molecule has 4 nitrogen and oxygen atoms in total. The van der Waals surface area contributed by atoms with Gasteiger partial charge in [-0.05, 0) is 43.5 Å². The summed E-state index contributed by atoms with van der Waals surface area (Å²) in [6, 6.07) is 8.30. The van der Waals surface area contributed by atoms with Crippen LogP contribution >= 0.6 is 11.8 Å². The van der Waals surface area contributed by atoms with E-state index in [0.717, 1.165) is 29.5 Å². The van der Waals surface area contributed by atoms with Crippen molar-refractivity contribution in [3.8, 4) is 0 Å². The van der Waals surface area contributed by atoms with Crippen LogP contribution in [0.4, 0.5) is 15.9 Å². The van der Waals surface area contributed by atoms with Gasteiger partial charge in [-0.15, -0.1) is 11.8 Å². The predicted octanol–water partition coefficient (Wildman–Crippen LogP) is 2.82. The second kappa shape index (κ2) is 7.21. The van der Waals surface area contributed by atoms with Crippen LogP contribution in [-0.2, 0) is 0 Å². The Balaban J connectivity index is 2.32. The van der Waals surface area contributed by atoms with E-state index in [4.69, 9.17) is 5.73 Å². The summed E-state index contributed by atoms with van der Waals surface area (Å²) in [6.07, 6.45) is 4.34. The Morgan fingerprint density at radius 2 is 2.00 bits per heavy atom. The minimum Gasteiger partial charge on any atom is -0.330 e. The van der Waals surface area contributed by atoms with E-state index in [0.29, 0.717) is 6.54 Å². The van der Waals surface area contributed by atoms with Gasteiger partial charge in [0.25, 0.3) is 0 Å². The van der Waals surface area contributed by atoms with Gasteiger partial charge in [0.15, 0.2) is 0 Å². The molecule has 1 aromatic heterocycles. The summed E-state index contributed by atoms with van der Waals surface area (Å²) in [5.41, 5.74) is 6.48. The van der Waals surface area contributed by atoms with Crippen LogP contribution < -0.4 is 10.6 Å². The second-order valence-electron chi connectivity index (χ2n) is 4.19. The number of hydrogen-bond acceptors (Lipinski definition) is 5. The third kappa shape index (κ3) is 3.68. The molecule has 0 aliphatic heterocycles. The van der Waals surface area contributed by atoms with E-state index in [1.54, 1.807) is 30.2 Å². The van der Waals surface area contributed by atoms with Gasteiger partial charge in [-0.3, -0.25) is 0 Å². The van der Waals surface area contributed by atoms with Crippen LogP contribution in [0.5, 0.6) is 0 Å². The molecule has 6 heteroatoms. The summed E-state index contributed by atoms with van der Waals surface area (Å²) in [4.78, 5) is 10.5. The van der Waals surface area contributed by atoms with Crippen LogP contribution in [0.3, 0.4) is 0 Å². The highest BCUT2D eigenvalue weighted by Crippen LogP contribution is 2.25. The van der Waals surface area contributed by atoms with Crippen LogP contribution in [-0.4, -0.2) is 29.3 Å². The Kier molecular flexibility index (Phi) is 5.31. The van der Waals surface area contributed by atoms with E-state index in [1.807, 2.05) is 17.2 Å². The summed E-state index contributed by atoms with van der Waals surface area (Å²) >= 11 is 1.56. The summed E-state index contributed by atoms with van der Waals surface area (Å²) < 4.78 is 13.1. The molecule has 0 amide bonds. The average molecular weight is 292 g/mol. The van der Waals surface area contributed by atoms with Crippen LogP contribution in [0.1, 0.15) is 6.42 Å². The minimum atomic E-state index is -0.250. The molecule has 0 saturated heterocycles. The zero-order valence-electron chi connectivity index (χ0n) is 11.3. The highest BCUT2D eigenvalue weighted by atomic mass is 32.2. The van der Waals surface area contributed by atoms with Crippen LogP contribution in [0.15, 0.2) is 41.7 Å². The van der Waals surface area contributed by atoms with Crippen molar-refractivity contribution in [2.75, 3.05) is 24.2 Å². The second-order valence-corrected chi connectivity index (χ2v) is 5.02. The molecule has 0 fully saturated rings. The first-order valence-electron chi connectivity index (χ1n) is 6.34. The van der Waals surface area contributed by atoms with Gasteiger partial charge in [0.05, 0.1) is 0 Å². The Bertz CT molecular complexity index is 547. The van der Waals surface area contributed by atoms with Crippen molar-refractivity contribution in [2.24, 2.45) is 5.73 Å². The fraction of sp³-hybridized carbons (Fsp3) is 0.286. The first-order chi connectivity index (χ1) is 9.74. The number of aromatic nitrogens is 2. The Morgan fingerprint density at radius 1 is 1.25 bits per heavy atom. The zero-order valence-corrected chi connectivity index (χ0v) is 12.1. The molecule has 2 aromatic rings. The van der Waals surface area contributed by atoms with E-state index < -0.39 is 0 Å². The lowest BCUT2D eigenvalue weighted by Gasteiger charge is -2.23. The molecule has 1 heterocycles. The molecule has 20 heavy (non-hydrogen) atoms. The minimum absolute atomic E-state index is 0.250. The highest BCUT2D eigenvalue weighted by Gasteiger charge is 2.11. The predicted molar refractivity (Wildman–Crippen MR) is 80.9 cm³/mol. The maximum absolute atomic E-state index is 13.1.